The number of phenols is 2. The molecule has 3 N–H and O–H groups in total. The molecule has 1 aliphatic heterocycles. The van der Waals surface area contributed by atoms with E-state index in [4.69, 9.17) is 4.74 Å². The number of aryl methyl sites for hydroxylation is 1. The van der Waals surface area contributed by atoms with Crippen LogP contribution in [0.2, 0.25) is 0 Å². The van der Waals surface area contributed by atoms with Crippen LogP contribution in [0.25, 0.3) is 11.1 Å². The first-order valence-electron chi connectivity index (χ1n) is 13.1. The minimum absolute atomic E-state index is 0.00149. The van der Waals surface area contributed by atoms with E-state index in [1.807, 2.05) is 30.3 Å². The summed E-state index contributed by atoms with van der Waals surface area (Å²) in [5.74, 6) is -0.210. The molecule has 0 unspecified atom stereocenters. The Morgan fingerprint density at radius 1 is 1.00 bits per heavy atom. The molecule has 6 nitrogen and oxygen atoms in total. The third-order valence-electron chi connectivity index (χ3n) is 7.39. The van der Waals surface area contributed by atoms with Crippen molar-refractivity contribution < 1.29 is 29.2 Å². The fraction of sp³-hybridized carbons (Fsp3) is 0.323. The van der Waals surface area contributed by atoms with Crippen molar-refractivity contribution in [3.8, 4) is 17.2 Å². The molecule has 0 aromatic heterocycles. The van der Waals surface area contributed by atoms with Gasteiger partial charge in [0.2, 0.25) is 0 Å². The summed E-state index contributed by atoms with van der Waals surface area (Å²) in [6, 6.07) is 17.7. The van der Waals surface area contributed by atoms with Crippen molar-refractivity contribution in [2.24, 2.45) is 0 Å². The maximum absolute atomic E-state index is 12.5. The smallest absolute Gasteiger partial charge is 0.335 e. The van der Waals surface area contributed by atoms with Gasteiger partial charge in [0.25, 0.3) is 0 Å². The molecule has 3 aromatic carbocycles. The van der Waals surface area contributed by atoms with Gasteiger partial charge < -0.3 is 20.1 Å². The normalized spacial score (nSPS) is 17.8. The summed E-state index contributed by atoms with van der Waals surface area (Å²) >= 11 is 0. The standard InChI is InChI=1S/C31H32FNO5/c32-14-2-15-33-16-13-25(19-33)38-24-9-5-20(6-10-24)30-26-11-7-22(31(36)37)17-21(26)3-1-4-28(30)27-12-8-23(34)18-29(27)35/h5-12,17-18,25,34-35H,1-4,13-16,19H2,(H,36,37)/t25-/m0/s1. The highest BCUT2D eigenvalue weighted by atomic mass is 19.1. The number of halogens is 1. The van der Waals surface area contributed by atoms with Crippen LogP contribution in [0.1, 0.15) is 58.3 Å². The molecule has 1 atom stereocenters. The zero-order valence-electron chi connectivity index (χ0n) is 21.2. The molecule has 1 saturated heterocycles. The number of carboxylic acids is 1. The molecule has 1 heterocycles. The molecule has 1 aliphatic carbocycles. The minimum Gasteiger partial charge on any atom is -0.508 e. The van der Waals surface area contributed by atoms with Crippen LogP contribution in [0.4, 0.5) is 4.39 Å². The van der Waals surface area contributed by atoms with Crippen molar-refractivity contribution in [3.05, 3.63) is 88.5 Å². The van der Waals surface area contributed by atoms with E-state index in [9.17, 15) is 24.5 Å². The topological polar surface area (TPSA) is 90.2 Å². The summed E-state index contributed by atoms with van der Waals surface area (Å²) in [7, 11) is 0. The SMILES string of the molecule is O=C(O)c1ccc2c(c1)CCCC(c1ccc(O)cc1O)=C2c1ccc(O[C@H]2CCN(CCCF)C2)cc1. The Bertz CT molecular complexity index is 1350. The summed E-state index contributed by atoms with van der Waals surface area (Å²) in [4.78, 5) is 13.9. The summed E-state index contributed by atoms with van der Waals surface area (Å²) in [5.41, 5.74) is 5.59. The van der Waals surface area contributed by atoms with E-state index in [0.29, 0.717) is 24.8 Å². The van der Waals surface area contributed by atoms with Gasteiger partial charge in [-0.3, -0.25) is 9.29 Å². The van der Waals surface area contributed by atoms with Gasteiger partial charge in [0.1, 0.15) is 23.4 Å². The van der Waals surface area contributed by atoms with Crippen molar-refractivity contribution in [2.45, 2.75) is 38.2 Å². The molecule has 5 rings (SSSR count). The monoisotopic (exact) mass is 517 g/mol. The number of aromatic carboxylic acids is 1. The van der Waals surface area contributed by atoms with Gasteiger partial charge in [-0.05, 0) is 96.3 Å². The number of ether oxygens (including phenoxy) is 1. The Morgan fingerprint density at radius 3 is 2.53 bits per heavy atom. The van der Waals surface area contributed by atoms with Crippen LogP contribution in [0.3, 0.4) is 0 Å². The Morgan fingerprint density at radius 2 is 1.79 bits per heavy atom. The number of nitrogens with zero attached hydrogens (tertiary/aromatic N) is 1. The number of aromatic hydroxyl groups is 2. The molecule has 0 bridgehead atoms. The summed E-state index contributed by atoms with van der Waals surface area (Å²) < 4.78 is 18.7. The summed E-state index contributed by atoms with van der Waals surface area (Å²) in [6.07, 6.45) is 3.70. The van der Waals surface area contributed by atoms with Crippen molar-refractivity contribution in [2.75, 3.05) is 26.3 Å². The van der Waals surface area contributed by atoms with Gasteiger partial charge in [-0.2, -0.15) is 0 Å². The van der Waals surface area contributed by atoms with E-state index in [0.717, 1.165) is 66.1 Å². The van der Waals surface area contributed by atoms with E-state index in [1.165, 1.54) is 6.07 Å². The summed E-state index contributed by atoms with van der Waals surface area (Å²) in [6.45, 7) is 2.14. The number of fused-ring (bicyclic) bond motifs is 1. The lowest BCUT2D eigenvalue weighted by Gasteiger charge is -2.19. The minimum atomic E-state index is -0.962. The maximum atomic E-state index is 12.5. The molecule has 3 aromatic rings. The van der Waals surface area contributed by atoms with Gasteiger partial charge in [-0.1, -0.05) is 18.2 Å². The van der Waals surface area contributed by atoms with Gasteiger partial charge >= 0.3 is 5.97 Å². The molecular weight excluding hydrogens is 485 g/mol. The average Bonchev–Trinajstić information content (AvgIpc) is 3.26. The number of likely N-dealkylation sites (tertiary alicyclic amines) is 1. The van der Waals surface area contributed by atoms with Gasteiger partial charge in [-0.15, -0.1) is 0 Å². The predicted octanol–water partition coefficient (Wildman–Crippen LogP) is 5.90. The third-order valence-corrected chi connectivity index (χ3v) is 7.39. The molecule has 2 aliphatic rings. The van der Waals surface area contributed by atoms with E-state index in [1.54, 1.807) is 24.3 Å². The molecule has 0 saturated carbocycles. The number of carbonyl (C=O) groups is 1. The zero-order chi connectivity index (χ0) is 26.6. The first-order valence-corrected chi connectivity index (χ1v) is 13.1. The van der Waals surface area contributed by atoms with Crippen LogP contribution in [0.15, 0.2) is 60.7 Å². The Kier molecular flexibility index (Phi) is 7.65. The average molecular weight is 518 g/mol. The largest absolute Gasteiger partial charge is 0.508 e. The highest BCUT2D eigenvalue weighted by molar-refractivity contribution is 6.01. The molecule has 0 spiro atoms. The molecular formula is C31H32FNO5. The number of hydrogen-bond donors (Lipinski definition) is 3. The van der Waals surface area contributed by atoms with E-state index >= 15 is 0 Å². The Hall–Kier alpha value is -3.84. The van der Waals surface area contributed by atoms with Crippen molar-refractivity contribution in [3.63, 3.8) is 0 Å². The molecule has 38 heavy (non-hydrogen) atoms. The molecule has 1 fully saturated rings. The molecule has 7 heteroatoms. The first kappa shape index (κ1) is 25.8. The van der Waals surface area contributed by atoms with Crippen LogP contribution in [0.5, 0.6) is 17.2 Å². The van der Waals surface area contributed by atoms with Crippen molar-refractivity contribution in [1.29, 1.82) is 0 Å². The zero-order valence-corrected chi connectivity index (χ0v) is 21.2. The van der Waals surface area contributed by atoms with Gasteiger partial charge in [0.15, 0.2) is 0 Å². The van der Waals surface area contributed by atoms with Gasteiger partial charge in [0, 0.05) is 31.3 Å². The highest BCUT2D eigenvalue weighted by Gasteiger charge is 2.25. The van der Waals surface area contributed by atoms with E-state index in [2.05, 4.69) is 4.90 Å². The Labute approximate surface area is 221 Å². The number of benzene rings is 3. The molecule has 0 amide bonds. The van der Waals surface area contributed by atoms with Crippen LogP contribution < -0.4 is 4.74 Å². The fourth-order valence-electron chi connectivity index (χ4n) is 5.57. The second kappa shape index (κ2) is 11.3. The van der Waals surface area contributed by atoms with Crippen LogP contribution in [-0.2, 0) is 6.42 Å². The second-order valence-electron chi connectivity index (χ2n) is 9.98. The van der Waals surface area contributed by atoms with Crippen molar-refractivity contribution >= 4 is 17.1 Å². The predicted molar refractivity (Wildman–Crippen MR) is 145 cm³/mol. The summed E-state index contributed by atoms with van der Waals surface area (Å²) in [5, 5.41) is 30.1. The number of allylic oxidation sites excluding steroid dienone is 1. The fourth-order valence-corrected chi connectivity index (χ4v) is 5.57. The second-order valence-corrected chi connectivity index (χ2v) is 9.98. The van der Waals surface area contributed by atoms with Gasteiger partial charge in [0.05, 0.1) is 12.2 Å². The number of hydrogen-bond acceptors (Lipinski definition) is 5. The number of phenolic OH excluding ortho intramolecular Hbond substituents is 2. The third kappa shape index (κ3) is 5.53. The first-order chi connectivity index (χ1) is 18.4. The number of alkyl halides is 1. The Balaban J connectivity index is 1.51. The number of rotatable bonds is 8. The lowest BCUT2D eigenvalue weighted by molar-refractivity contribution is 0.0696. The molecule has 0 radical (unpaired) electrons. The molecule has 198 valence electrons. The quantitative estimate of drug-likeness (QED) is 0.345. The maximum Gasteiger partial charge on any atom is 0.335 e. The van der Waals surface area contributed by atoms with Crippen LogP contribution in [-0.4, -0.2) is 58.6 Å². The van der Waals surface area contributed by atoms with Crippen LogP contribution in [0, 0.1) is 0 Å². The highest BCUT2D eigenvalue weighted by Crippen LogP contribution is 2.43. The van der Waals surface area contributed by atoms with E-state index < -0.39 is 5.97 Å². The van der Waals surface area contributed by atoms with Crippen LogP contribution >= 0.6 is 0 Å². The lowest BCUT2D eigenvalue weighted by Crippen LogP contribution is -2.26. The number of carboxylic acid groups (broad SMARTS) is 1. The van der Waals surface area contributed by atoms with E-state index in [-0.39, 0.29) is 29.8 Å². The van der Waals surface area contributed by atoms with Crippen molar-refractivity contribution in [1.82, 2.24) is 4.90 Å². The lowest BCUT2D eigenvalue weighted by atomic mass is 9.87. The van der Waals surface area contributed by atoms with Gasteiger partial charge in [-0.25, -0.2) is 4.79 Å².